The number of ketones is 1. The van der Waals surface area contributed by atoms with Crippen molar-refractivity contribution in [1.82, 2.24) is 0 Å². The van der Waals surface area contributed by atoms with Crippen LogP contribution in [-0.2, 0) is 4.79 Å². The average Bonchev–Trinajstić information content (AvgIpc) is 2.68. The molecule has 0 aromatic heterocycles. The number of hydrogen-bond acceptors (Lipinski definition) is 1. The quantitative estimate of drug-likeness (QED) is 0.572. The monoisotopic (exact) mass is 312 g/mol. The molecule has 1 nitrogen and oxygen atoms in total. The van der Waals surface area contributed by atoms with E-state index in [1.807, 2.05) is 0 Å². The lowest BCUT2D eigenvalue weighted by atomic mass is 9.47. The highest BCUT2D eigenvalue weighted by Gasteiger charge is 2.62. The third-order valence-electron chi connectivity index (χ3n) is 8.53. The zero-order chi connectivity index (χ0) is 16.6. The average molecular weight is 312 g/mol. The van der Waals surface area contributed by atoms with Crippen LogP contribution < -0.4 is 0 Å². The molecule has 0 radical (unpaired) electrons. The highest BCUT2D eigenvalue weighted by atomic mass is 16.1. The van der Waals surface area contributed by atoms with Crippen molar-refractivity contribution in [2.24, 2.45) is 40.4 Å². The first-order valence-corrected chi connectivity index (χ1v) is 9.65. The summed E-state index contributed by atoms with van der Waals surface area (Å²) in [7, 11) is 0. The van der Waals surface area contributed by atoms with Crippen molar-refractivity contribution in [2.45, 2.75) is 66.2 Å². The Morgan fingerprint density at radius 3 is 2.70 bits per heavy atom. The number of Topliss-reactive ketones (excluding diaryl/α,β-unsaturated/α-hetero) is 1. The Labute approximate surface area is 141 Å². The Morgan fingerprint density at radius 1 is 1.22 bits per heavy atom. The number of fused-ring (bicyclic) bond motifs is 5. The second kappa shape index (κ2) is 4.83. The fourth-order valence-corrected chi connectivity index (χ4v) is 6.89. The Bertz CT molecular complexity index is 595. The molecule has 4 aliphatic carbocycles. The maximum absolute atomic E-state index is 13.3. The van der Waals surface area contributed by atoms with Gasteiger partial charge in [0.05, 0.1) is 0 Å². The van der Waals surface area contributed by atoms with Gasteiger partial charge in [0.1, 0.15) is 5.78 Å². The molecule has 23 heavy (non-hydrogen) atoms. The highest BCUT2D eigenvalue weighted by Crippen LogP contribution is 2.67. The molecule has 0 heterocycles. The summed E-state index contributed by atoms with van der Waals surface area (Å²) in [6.45, 7) is 13.8. The smallest absolute Gasteiger partial charge is 0.137 e. The van der Waals surface area contributed by atoms with Gasteiger partial charge in [0.25, 0.3) is 0 Å². The SMILES string of the molecule is C=C1C=C2CC(C)C3C(C(=O)CC4(C)C3CCC4(C)C)C2CC1. The molecule has 6 unspecified atom stereocenters. The first-order chi connectivity index (χ1) is 10.7. The molecule has 0 N–H and O–H groups in total. The molecular formula is C22H32O. The summed E-state index contributed by atoms with van der Waals surface area (Å²) < 4.78 is 0. The lowest BCUT2D eigenvalue weighted by Crippen LogP contribution is -2.54. The number of carbonyl (C=O) groups excluding carboxylic acids is 1. The maximum atomic E-state index is 13.3. The van der Waals surface area contributed by atoms with E-state index in [2.05, 4.69) is 40.3 Å². The molecule has 0 amide bonds. The van der Waals surface area contributed by atoms with Crippen LogP contribution in [0.15, 0.2) is 23.8 Å². The Kier molecular flexibility index (Phi) is 3.29. The second-order valence-electron chi connectivity index (χ2n) is 9.90. The van der Waals surface area contributed by atoms with E-state index in [-0.39, 0.29) is 5.41 Å². The number of hydrogen-bond donors (Lipinski definition) is 0. The standard InChI is InChI=1S/C22H32O/c1-13-6-7-16-15(10-13)11-14(2)19-17-8-9-21(3,4)22(17,5)12-18(23)20(16)19/h10,14,16-17,19-20H,1,6-9,11-12H2,2-5H3. The van der Waals surface area contributed by atoms with Crippen LogP contribution in [0.2, 0.25) is 0 Å². The zero-order valence-corrected chi connectivity index (χ0v) is 15.3. The van der Waals surface area contributed by atoms with Gasteiger partial charge in [0.2, 0.25) is 0 Å². The minimum Gasteiger partial charge on any atom is -0.299 e. The lowest BCUT2D eigenvalue weighted by Gasteiger charge is -2.57. The van der Waals surface area contributed by atoms with Gasteiger partial charge >= 0.3 is 0 Å². The van der Waals surface area contributed by atoms with E-state index in [9.17, 15) is 4.79 Å². The third-order valence-corrected chi connectivity index (χ3v) is 8.53. The topological polar surface area (TPSA) is 17.1 Å². The number of allylic oxidation sites excluding steroid dienone is 3. The minimum atomic E-state index is 0.221. The first-order valence-electron chi connectivity index (χ1n) is 9.65. The van der Waals surface area contributed by atoms with Crippen LogP contribution in [-0.4, -0.2) is 5.78 Å². The first kappa shape index (κ1) is 15.7. The van der Waals surface area contributed by atoms with E-state index >= 15 is 0 Å². The number of rotatable bonds is 0. The van der Waals surface area contributed by atoms with E-state index in [1.54, 1.807) is 5.57 Å². The highest BCUT2D eigenvalue weighted by molar-refractivity contribution is 5.84. The van der Waals surface area contributed by atoms with Crippen LogP contribution in [0.25, 0.3) is 0 Å². The van der Waals surface area contributed by atoms with E-state index in [0.717, 1.165) is 25.2 Å². The van der Waals surface area contributed by atoms with E-state index in [4.69, 9.17) is 0 Å². The third kappa shape index (κ3) is 2.01. The van der Waals surface area contributed by atoms with Gasteiger partial charge in [-0.05, 0) is 66.6 Å². The van der Waals surface area contributed by atoms with Gasteiger partial charge in [-0.25, -0.2) is 0 Å². The maximum Gasteiger partial charge on any atom is 0.137 e. The molecule has 0 aromatic rings. The van der Waals surface area contributed by atoms with Crippen molar-refractivity contribution in [3.05, 3.63) is 23.8 Å². The van der Waals surface area contributed by atoms with Gasteiger partial charge in [0, 0.05) is 12.3 Å². The molecule has 3 saturated carbocycles. The van der Waals surface area contributed by atoms with Gasteiger partial charge in [-0.2, -0.15) is 0 Å². The molecule has 4 aliphatic rings. The predicted octanol–water partition coefficient (Wildman–Crippen LogP) is 5.57. The van der Waals surface area contributed by atoms with Crippen LogP contribution in [0.5, 0.6) is 0 Å². The van der Waals surface area contributed by atoms with Crippen LogP contribution in [0.4, 0.5) is 0 Å². The van der Waals surface area contributed by atoms with Gasteiger partial charge in [-0.1, -0.05) is 51.5 Å². The molecule has 0 saturated heterocycles. The normalized spacial score (nSPS) is 48.3. The fourth-order valence-electron chi connectivity index (χ4n) is 6.89. The van der Waals surface area contributed by atoms with Crippen LogP contribution >= 0.6 is 0 Å². The van der Waals surface area contributed by atoms with Crippen molar-refractivity contribution >= 4 is 5.78 Å². The fraction of sp³-hybridized carbons (Fsp3) is 0.773. The second-order valence-corrected chi connectivity index (χ2v) is 9.90. The van der Waals surface area contributed by atoms with Crippen molar-refractivity contribution < 1.29 is 4.79 Å². The van der Waals surface area contributed by atoms with Crippen LogP contribution in [0.1, 0.15) is 66.2 Å². The summed E-state index contributed by atoms with van der Waals surface area (Å²) in [4.78, 5) is 13.3. The molecule has 3 fully saturated rings. The zero-order valence-electron chi connectivity index (χ0n) is 15.3. The van der Waals surface area contributed by atoms with E-state index in [1.165, 1.54) is 24.8 Å². The summed E-state index contributed by atoms with van der Waals surface area (Å²) >= 11 is 0. The molecule has 126 valence electrons. The van der Waals surface area contributed by atoms with Crippen molar-refractivity contribution in [3.8, 4) is 0 Å². The molecule has 0 bridgehead atoms. The van der Waals surface area contributed by atoms with Crippen LogP contribution in [0.3, 0.4) is 0 Å². The molecule has 0 spiro atoms. The van der Waals surface area contributed by atoms with Gasteiger partial charge in [0.15, 0.2) is 0 Å². The molecule has 0 aliphatic heterocycles. The number of carbonyl (C=O) groups is 1. The Hall–Kier alpha value is -0.850. The predicted molar refractivity (Wildman–Crippen MR) is 94.9 cm³/mol. The molecular weight excluding hydrogens is 280 g/mol. The molecule has 0 aromatic carbocycles. The summed E-state index contributed by atoms with van der Waals surface area (Å²) in [6.07, 6.45) is 9.24. The molecule has 6 atom stereocenters. The molecule has 1 heteroatoms. The summed E-state index contributed by atoms with van der Waals surface area (Å²) in [5.41, 5.74) is 3.36. The Morgan fingerprint density at radius 2 is 1.96 bits per heavy atom. The largest absolute Gasteiger partial charge is 0.299 e. The minimum absolute atomic E-state index is 0.221. The van der Waals surface area contributed by atoms with E-state index in [0.29, 0.717) is 34.9 Å². The van der Waals surface area contributed by atoms with Crippen molar-refractivity contribution in [2.75, 3.05) is 0 Å². The Balaban J connectivity index is 1.76. The van der Waals surface area contributed by atoms with E-state index < -0.39 is 0 Å². The van der Waals surface area contributed by atoms with Crippen LogP contribution in [0, 0.1) is 40.4 Å². The van der Waals surface area contributed by atoms with Gasteiger partial charge in [-0.3, -0.25) is 4.79 Å². The van der Waals surface area contributed by atoms with Gasteiger partial charge in [-0.15, -0.1) is 0 Å². The summed E-state index contributed by atoms with van der Waals surface area (Å²) in [5, 5.41) is 0. The molecule has 4 rings (SSSR count). The summed E-state index contributed by atoms with van der Waals surface area (Å²) in [5.74, 6) is 3.44. The summed E-state index contributed by atoms with van der Waals surface area (Å²) in [6, 6.07) is 0. The lowest BCUT2D eigenvalue weighted by molar-refractivity contribution is -0.146. The van der Waals surface area contributed by atoms with Crippen molar-refractivity contribution in [1.29, 1.82) is 0 Å². The van der Waals surface area contributed by atoms with Crippen molar-refractivity contribution in [3.63, 3.8) is 0 Å². The van der Waals surface area contributed by atoms with Gasteiger partial charge < -0.3 is 0 Å².